The van der Waals surface area contributed by atoms with Gasteiger partial charge in [-0.2, -0.15) is 23.0 Å². The van der Waals surface area contributed by atoms with Gasteiger partial charge in [0.25, 0.3) is 5.91 Å². The van der Waals surface area contributed by atoms with Crippen LogP contribution in [0.4, 0.5) is 13.2 Å². The Kier molecular flexibility index (Phi) is 6.90. The third-order valence-corrected chi connectivity index (χ3v) is 5.11. The van der Waals surface area contributed by atoms with Gasteiger partial charge in [0.1, 0.15) is 11.4 Å². The van der Waals surface area contributed by atoms with Crippen LogP contribution in [0, 0.1) is 0 Å². The molecule has 11 heteroatoms. The predicted octanol–water partition coefficient (Wildman–Crippen LogP) is 2.58. The Morgan fingerprint density at radius 3 is 2.30 bits per heavy atom. The molecule has 1 heterocycles. The zero-order valence-corrected chi connectivity index (χ0v) is 19.6. The van der Waals surface area contributed by atoms with Crippen LogP contribution in [0.15, 0.2) is 60.7 Å². The van der Waals surface area contributed by atoms with E-state index in [1.54, 1.807) is 0 Å². The fraction of sp³-hybridized carbons (Fsp3) is 0.0455. The number of aromatic nitrogens is 2. The van der Waals surface area contributed by atoms with E-state index in [1.165, 1.54) is 48.5 Å². The molecule has 0 radical (unpaired) electrons. The fourth-order valence-electron chi connectivity index (χ4n) is 3.33. The van der Waals surface area contributed by atoms with E-state index in [2.05, 4.69) is 5.10 Å². The predicted molar refractivity (Wildman–Crippen MR) is 111 cm³/mol. The van der Waals surface area contributed by atoms with Crippen LogP contribution in [-0.2, 0) is 6.18 Å². The molecule has 4 aromatic rings. The number of benzene rings is 3. The Morgan fingerprint density at radius 2 is 1.70 bits per heavy atom. The quantitative estimate of drug-likeness (QED) is 0.436. The van der Waals surface area contributed by atoms with Crippen LogP contribution >= 0.6 is 11.6 Å². The fourth-order valence-corrected chi connectivity index (χ4v) is 3.58. The van der Waals surface area contributed by atoms with Gasteiger partial charge in [0.05, 0.1) is 27.2 Å². The zero-order chi connectivity index (χ0) is 23.2. The van der Waals surface area contributed by atoms with Crippen molar-refractivity contribution in [3.8, 4) is 17.0 Å². The number of rotatable bonds is 3. The van der Waals surface area contributed by atoms with Crippen LogP contribution in [0.2, 0.25) is 5.02 Å². The van der Waals surface area contributed by atoms with Crippen LogP contribution < -0.4 is 29.6 Å². The summed E-state index contributed by atoms with van der Waals surface area (Å²) in [5.74, 6) is -2.49. The number of halogens is 4. The molecule has 4 rings (SSSR count). The molecular formula is C22H13ClF3N2NaO4. The minimum Gasteiger partial charge on any atom is -1.00 e. The maximum Gasteiger partial charge on any atom is 1.00 e. The van der Waals surface area contributed by atoms with E-state index in [-0.39, 0.29) is 53.5 Å². The normalized spacial score (nSPS) is 11.3. The number of alkyl halides is 3. The molecule has 0 aliphatic rings. The molecule has 0 fully saturated rings. The van der Waals surface area contributed by atoms with E-state index in [1.807, 2.05) is 0 Å². The average Bonchev–Trinajstić information content (AvgIpc) is 3.11. The van der Waals surface area contributed by atoms with Gasteiger partial charge in [0.2, 0.25) is 0 Å². The summed E-state index contributed by atoms with van der Waals surface area (Å²) in [7, 11) is 0. The van der Waals surface area contributed by atoms with Crippen LogP contribution in [-0.4, -0.2) is 31.9 Å². The second kappa shape index (κ2) is 9.18. The standard InChI is InChI=1S/C22H12ClF3N2O4.Na.H/c23-16-3-1-2-15(22(24,25)26)18(16)20(30)28-17-10-13(29)8-9-14(17)19(27-28)11-4-6-12(7-5-11)21(31)32;;/h1-10,29H,(H,31,32);;/q;+1;-1. The number of fused-ring (bicyclic) bond motifs is 1. The van der Waals surface area contributed by atoms with Crippen molar-refractivity contribution in [2.75, 3.05) is 0 Å². The molecule has 0 bridgehead atoms. The van der Waals surface area contributed by atoms with E-state index in [4.69, 9.17) is 16.7 Å². The first kappa shape index (κ1) is 24.8. The molecule has 0 unspecified atom stereocenters. The Bertz CT molecular complexity index is 1390. The Balaban J connectivity index is 0.00000204. The Labute approximate surface area is 213 Å². The third kappa shape index (κ3) is 4.63. The second-order valence-electron chi connectivity index (χ2n) is 6.81. The number of nitrogens with zero attached hydrogens (tertiary/aromatic N) is 2. The first-order valence-corrected chi connectivity index (χ1v) is 9.41. The van der Waals surface area contributed by atoms with E-state index in [0.29, 0.717) is 10.9 Å². The number of carbonyl (C=O) groups excluding carboxylic acids is 1. The molecule has 2 N–H and O–H groups in total. The minimum absolute atomic E-state index is 0. The number of carboxylic acids is 1. The van der Waals surface area contributed by atoms with E-state index in [9.17, 15) is 27.9 Å². The molecule has 3 aromatic carbocycles. The van der Waals surface area contributed by atoms with Crippen molar-refractivity contribution in [3.63, 3.8) is 0 Å². The summed E-state index contributed by atoms with van der Waals surface area (Å²) in [6.45, 7) is 0. The number of phenolic OH excluding ortho intramolecular Hbond substituents is 1. The van der Waals surface area contributed by atoms with Crippen molar-refractivity contribution in [2.45, 2.75) is 6.18 Å². The molecule has 0 aliphatic carbocycles. The van der Waals surface area contributed by atoms with Crippen molar-refractivity contribution < 1.29 is 64.0 Å². The summed E-state index contributed by atoms with van der Waals surface area (Å²) in [5.41, 5.74) is -1.27. The van der Waals surface area contributed by atoms with Gasteiger partial charge in [0.15, 0.2) is 0 Å². The van der Waals surface area contributed by atoms with Gasteiger partial charge in [-0.25, -0.2) is 4.79 Å². The van der Waals surface area contributed by atoms with E-state index in [0.717, 1.165) is 16.8 Å². The molecule has 0 aliphatic heterocycles. The molecular weight excluding hydrogens is 472 g/mol. The Hall–Kier alpha value is -2.85. The minimum atomic E-state index is -4.84. The summed E-state index contributed by atoms with van der Waals surface area (Å²) in [6, 6.07) is 12.6. The third-order valence-electron chi connectivity index (χ3n) is 4.80. The second-order valence-corrected chi connectivity index (χ2v) is 7.22. The number of carbonyl (C=O) groups is 2. The van der Waals surface area contributed by atoms with E-state index < -0.39 is 34.2 Å². The summed E-state index contributed by atoms with van der Waals surface area (Å²) in [6.07, 6.45) is -4.84. The molecule has 6 nitrogen and oxygen atoms in total. The number of carboxylic acid groups (broad SMARTS) is 1. The molecule has 0 saturated heterocycles. The van der Waals surface area contributed by atoms with Crippen molar-refractivity contribution >= 4 is 34.4 Å². The topological polar surface area (TPSA) is 92.4 Å². The number of phenols is 1. The van der Waals surface area contributed by atoms with Crippen molar-refractivity contribution in [1.82, 2.24) is 9.78 Å². The van der Waals surface area contributed by atoms with Gasteiger partial charge >= 0.3 is 41.7 Å². The van der Waals surface area contributed by atoms with E-state index >= 15 is 0 Å². The molecule has 33 heavy (non-hydrogen) atoms. The Morgan fingerprint density at radius 1 is 1.03 bits per heavy atom. The first-order chi connectivity index (χ1) is 15.1. The maximum atomic E-state index is 13.5. The van der Waals surface area contributed by atoms with Gasteiger partial charge < -0.3 is 11.6 Å². The van der Waals surface area contributed by atoms with Gasteiger partial charge in [0, 0.05) is 17.0 Å². The molecule has 0 spiro atoms. The first-order valence-electron chi connectivity index (χ1n) is 9.04. The van der Waals surface area contributed by atoms with Gasteiger partial charge in [-0.1, -0.05) is 29.8 Å². The summed E-state index contributed by atoms with van der Waals surface area (Å²) < 4.78 is 41.3. The van der Waals surface area contributed by atoms with Crippen molar-refractivity contribution in [3.05, 3.63) is 82.4 Å². The van der Waals surface area contributed by atoms with Gasteiger partial charge in [-0.3, -0.25) is 4.79 Å². The summed E-state index contributed by atoms with van der Waals surface area (Å²) in [5, 5.41) is 23.1. The monoisotopic (exact) mass is 484 g/mol. The number of hydrogen-bond donors (Lipinski definition) is 2. The smallest absolute Gasteiger partial charge is 1.00 e. The van der Waals surface area contributed by atoms with Crippen molar-refractivity contribution in [2.24, 2.45) is 0 Å². The number of aromatic hydroxyl groups is 1. The molecule has 0 atom stereocenters. The molecule has 1 aromatic heterocycles. The van der Waals surface area contributed by atoms with Crippen molar-refractivity contribution in [1.29, 1.82) is 0 Å². The SMILES string of the molecule is O=C(O)c1ccc(-c2nn(C(=O)c3c(Cl)cccc3C(F)(F)F)c3cc(O)ccc23)cc1.[H-].[Na+]. The van der Waals surface area contributed by atoms with Gasteiger partial charge in [-0.05, 0) is 36.4 Å². The number of hydrogen-bond acceptors (Lipinski definition) is 4. The average molecular weight is 485 g/mol. The summed E-state index contributed by atoms with van der Waals surface area (Å²) >= 11 is 5.97. The van der Waals surface area contributed by atoms with Crippen LogP contribution in [0.25, 0.3) is 22.2 Å². The van der Waals surface area contributed by atoms with Gasteiger partial charge in [-0.15, -0.1) is 0 Å². The largest absolute Gasteiger partial charge is 1.00 e. The molecule has 0 saturated carbocycles. The number of aromatic carboxylic acids is 1. The maximum absolute atomic E-state index is 13.5. The molecule has 0 amide bonds. The molecule has 164 valence electrons. The van der Waals surface area contributed by atoms with Crippen LogP contribution in [0.1, 0.15) is 27.7 Å². The van der Waals surface area contributed by atoms with Crippen LogP contribution in [0.3, 0.4) is 0 Å². The zero-order valence-electron chi connectivity index (χ0n) is 17.9. The van der Waals surface area contributed by atoms with Crippen LogP contribution in [0.5, 0.6) is 5.75 Å². The summed E-state index contributed by atoms with van der Waals surface area (Å²) in [4.78, 5) is 24.3.